The molecule has 1 amide bonds. The summed E-state index contributed by atoms with van der Waals surface area (Å²) in [6, 6.07) is 0.443. The van der Waals surface area contributed by atoms with E-state index < -0.39 is 58.0 Å². The maximum absolute atomic E-state index is 13.8. The smallest absolute Gasteiger partial charge is 0.255 e. The average molecular weight is 588 g/mol. The lowest BCUT2D eigenvalue weighted by Gasteiger charge is -2.50. The van der Waals surface area contributed by atoms with Crippen LogP contribution in [0.4, 0.5) is 0 Å². The summed E-state index contributed by atoms with van der Waals surface area (Å²) in [6.45, 7) is 4.32. The Balaban J connectivity index is 1.57. The van der Waals surface area contributed by atoms with E-state index in [9.17, 15) is 34.8 Å². The number of Topliss-reactive ketones (excluding diaryl/α,β-unsaturated/α-hetero) is 2. The summed E-state index contributed by atoms with van der Waals surface area (Å²) >= 11 is 6.91. The third kappa shape index (κ3) is 4.56. The molecule has 4 aliphatic carbocycles. The Morgan fingerprint density at radius 3 is 2.41 bits per heavy atom. The minimum Gasteiger partial charge on any atom is -0.510 e. The predicted molar refractivity (Wildman–Crippen MR) is 152 cm³/mol. The van der Waals surface area contributed by atoms with Crippen LogP contribution in [0.5, 0.6) is 5.75 Å². The molecule has 41 heavy (non-hydrogen) atoms. The van der Waals surface area contributed by atoms with E-state index in [2.05, 4.69) is 11.8 Å². The van der Waals surface area contributed by atoms with E-state index >= 15 is 0 Å². The van der Waals surface area contributed by atoms with Crippen LogP contribution < -0.4 is 5.73 Å². The van der Waals surface area contributed by atoms with Crippen molar-refractivity contribution in [2.75, 3.05) is 27.2 Å². The number of phenolic OH excluding ortho intramolecular Hbond substituents is 1. The van der Waals surface area contributed by atoms with Crippen LogP contribution in [0.25, 0.3) is 0 Å². The number of nitrogens with zero attached hydrogens (tertiary/aromatic N) is 2. The Labute approximate surface area is 244 Å². The normalized spacial score (nSPS) is 28.4. The van der Waals surface area contributed by atoms with Crippen LogP contribution in [0.3, 0.4) is 0 Å². The number of benzene rings is 1. The van der Waals surface area contributed by atoms with Crippen LogP contribution >= 0.6 is 11.6 Å². The first-order valence-electron chi connectivity index (χ1n) is 14.2. The van der Waals surface area contributed by atoms with E-state index in [-0.39, 0.29) is 29.7 Å². The first-order valence-corrected chi connectivity index (χ1v) is 14.6. The van der Waals surface area contributed by atoms with Crippen molar-refractivity contribution in [3.05, 3.63) is 50.4 Å². The summed E-state index contributed by atoms with van der Waals surface area (Å²) in [4.78, 5) is 43.2. The van der Waals surface area contributed by atoms with Crippen molar-refractivity contribution in [3.8, 4) is 5.75 Å². The van der Waals surface area contributed by atoms with Crippen molar-refractivity contribution in [1.29, 1.82) is 0 Å². The molecule has 1 aromatic carbocycles. The quantitative estimate of drug-likeness (QED) is 0.302. The molecule has 0 bridgehead atoms. The summed E-state index contributed by atoms with van der Waals surface area (Å²) in [6.07, 6.45) is 5.07. The number of amides is 1. The third-order valence-corrected chi connectivity index (χ3v) is 10.0. The monoisotopic (exact) mass is 587 g/mol. The lowest BCUT2D eigenvalue weighted by molar-refractivity contribution is -0.148. The van der Waals surface area contributed by atoms with E-state index in [0.717, 1.165) is 13.1 Å². The average Bonchev–Trinajstić information content (AvgIpc) is 3.41. The minimum absolute atomic E-state index is 0.0237. The van der Waals surface area contributed by atoms with Crippen molar-refractivity contribution in [2.45, 2.75) is 63.6 Å². The van der Waals surface area contributed by atoms with Gasteiger partial charge in [-0.25, -0.2) is 0 Å². The van der Waals surface area contributed by atoms with Gasteiger partial charge in [-0.1, -0.05) is 31.4 Å². The number of phenols is 1. The van der Waals surface area contributed by atoms with Crippen molar-refractivity contribution in [3.63, 3.8) is 0 Å². The molecular weight excluding hydrogens is 550 g/mol. The van der Waals surface area contributed by atoms with Gasteiger partial charge in [-0.15, -0.1) is 0 Å². The molecule has 6 N–H and O–H groups in total. The maximum atomic E-state index is 13.8. The number of nitrogens with two attached hydrogens (primary N) is 1. The van der Waals surface area contributed by atoms with E-state index in [4.69, 9.17) is 17.3 Å². The standard InChI is InChI=1S/C30H38ClN3O7/c1-4-34(12-14-7-5-6-8-14)13-16-11-19(35)21-17(23(16)31)9-15-10-18-24(33(2)3)26(37)22(29(32)40)28(39)30(18,41)27(38)20(15)25(21)36/h11,14-15,18,24,35,37-38,41H,4-10,12-13H2,1-3H3,(H2,32,40)/t15-,18-,24-,30-/m0/s1. The zero-order valence-electron chi connectivity index (χ0n) is 23.6. The fourth-order valence-electron chi connectivity index (χ4n) is 7.57. The van der Waals surface area contributed by atoms with Crippen LogP contribution in [-0.2, 0) is 22.6 Å². The summed E-state index contributed by atoms with van der Waals surface area (Å²) < 4.78 is 0. The molecule has 4 atom stereocenters. The van der Waals surface area contributed by atoms with Gasteiger partial charge in [-0.3, -0.25) is 24.2 Å². The number of carbonyl (C=O) groups is 3. The van der Waals surface area contributed by atoms with Gasteiger partial charge in [0.1, 0.15) is 22.8 Å². The SMILES string of the molecule is CCN(Cc1cc(O)c2c(c1Cl)C[C@H]1C[C@H]3[C@H](N(C)C)C(O)=C(C(N)=O)C(=O)[C@@]3(O)C(O)=C1C2=O)CC1CCCC1. The molecule has 0 spiro atoms. The van der Waals surface area contributed by atoms with Gasteiger partial charge in [0.25, 0.3) is 5.91 Å². The number of aromatic hydroxyl groups is 1. The molecule has 222 valence electrons. The zero-order chi connectivity index (χ0) is 30.0. The lowest BCUT2D eigenvalue weighted by atomic mass is 9.58. The summed E-state index contributed by atoms with van der Waals surface area (Å²) in [5, 5.41) is 45.4. The van der Waals surface area contributed by atoms with E-state index in [1.807, 2.05) is 0 Å². The Bertz CT molecular complexity index is 1380. The van der Waals surface area contributed by atoms with E-state index in [1.54, 1.807) is 14.1 Å². The number of rotatable bonds is 7. The van der Waals surface area contributed by atoms with E-state index in [0.29, 0.717) is 28.6 Å². The topological polar surface area (TPSA) is 165 Å². The molecule has 0 radical (unpaired) electrons. The second kappa shape index (κ2) is 10.7. The lowest BCUT2D eigenvalue weighted by Crippen LogP contribution is -2.63. The molecule has 1 saturated carbocycles. The van der Waals surface area contributed by atoms with Gasteiger partial charge in [0.2, 0.25) is 5.78 Å². The number of aliphatic hydroxyl groups excluding tert-OH is 2. The number of likely N-dealkylation sites (N-methyl/N-ethyl adjacent to an activating group) is 1. The first-order chi connectivity index (χ1) is 19.3. The molecule has 0 aliphatic heterocycles. The molecule has 5 rings (SSSR count). The number of hydrogen-bond donors (Lipinski definition) is 5. The molecule has 0 unspecified atom stereocenters. The van der Waals surface area contributed by atoms with Crippen LogP contribution in [-0.4, -0.2) is 86.5 Å². The summed E-state index contributed by atoms with van der Waals surface area (Å²) in [5.74, 6) is -6.12. The van der Waals surface area contributed by atoms with Crippen molar-refractivity contribution >= 4 is 29.1 Å². The minimum atomic E-state index is -2.66. The number of halogens is 1. The molecule has 10 nitrogen and oxygen atoms in total. The first kappa shape index (κ1) is 29.6. The number of allylic oxidation sites excluding steroid dienone is 1. The Morgan fingerprint density at radius 2 is 1.83 bits per heavy atom. The number of primary amides is 1. The Kier molecular flexibility index (Phi) is 7.74. The molecule has 0 aromatic heterocycles. The molecule has 11 heteroatoms. The summed E-state index contributed by atoms with van der Waals surface area (Å²) in [5.41, 5.74) is 2.78. The fourth-order valence-corrected chi connectivity index (χ4v) is 7.86. The number of carbonyl (C=O) groups excluding carboxylic acids is 3. The second-order valence-corrected chi connectivity index (χ2v) is 12.5. The van der Waals surface area contributed by atoms with Gasteiger partial charge in [-0.05, 0) is 75.4 Å². The van der Waals surface area contributed by atoms with Crippen molar-refractivity contribution < 1.29 is 34.8 Å². The number of ketones is 2. The highest BCUT2D eigenvalue weighted by Crippen LogP contribution is 2.53. The van der Waals surface area contributed by atoms with Crippen LogP contribution in [0.2, 0.25) is 5.02 Å². The maximum Gasteiger partial charge on any atom is 0.255 e. The number of hydrogen-bond acceptors (Lipinski definition) is 9. The molecule has 0 saturated heterocycles. The number of aliphatic hydroxyl groups is 3. The highest BCUT2D eigenvalue weighted by molar-refractivity contribution is 6.33. The third-order valence-electron chi connectivity index (χ3n) is 9.56. The fraction of sp³-hybridized carbons (Fsp3) is 0.567. The van der Waals surface area contributed by atoms with Crippen LogP contribution in [0, 0.1) is 17.8 Å². The van der Waals surface area contributed by atoms with Gasteiger partial charge < -0.3 is 26.2 Å². The highest BCUT2D eigenvalue weighted by atomic mass is 35.5. The van der Waals surface area contributed by atoms with Crippen LogP contribution in [0.15, 0.2) is 28.7 Å². The highest BCUT2D eigenvalue weighted by Gasteiger charge is 2.63. The Hall–Kier alpha value is -2.92. The van der Waals surface area contributed by atoms with Crippen molar-refractivity contribution in [1.82, 2.24) is 9.80 Å². The van der Waals surface area contributed by atoms with Gasteiger partial charge >= 0.3 is 0 Å². The second-order valence-electron chi connectivity index (χ2n) is 12.2. The molecule has 0 heterocycles. The van der Waals surface area contributed by atoms with Crippen molar-refractivity contribution in [2.24, 2.45) is 23.5 Å². The zero-order valence-corrected chi connectivity index (χ0v) is 24.4. The predicted octanol–water partition coefficient (Wildman–Crippen LogP) is 2.79. The van der Waals surface area contributed by atoms with E-state index in [1.165, 1.54) is 36.6 Å². The van der Waals surface area contributed by atoms with Gasteiger partial charge in [0.15, 0.2) is 11.4 Å². The molecular formula is C30H38ClN3O7. The number of fused-ring (bicyclic) bond motifs is 3. The largest absolute Gasteiger partial charge is 0.510 e. The van der Waals surface area contributed by atoms with Gasteiger partial charge in [-0.2, -0.15) is 0 Å². The molecule has 1 aromatic rings. The van der Waals surface area contributed by atoms with Gasteiger partial charge in [0.05, 0.1) is 11.6 Å². The van der Waals surface area contributed by atoms with Gasteiger partial charge in [0, 0.05) is 29.6 Å². The molecule has 4 aliphatic rings. The van der Waals surface area contributed by atoms with Crippen LogP contribution in [0.1, 0.15) is 60.5 Å². The summed E-state index contributed by atoms with van der Waals surface area (Å²) in [7, 11) is 3.19. The Morgan fingerprint density at radius 1 is 1.17 bits per heavy atom. The molecule has 1 fully saturated rings.